The number of hydrogen-bond acceptors (Lipinski definition) is 3. The summed E-state index contributed by atoms with van der Waals surface area (Å²) >= 11 is 0. The molecule has 0 aliphatic carbocycles. The van der Waals surface area contributed by atoms with Gasteiger partial charge in [0, 0.05) is 12.0 Å². The summed E-state index contributed by atoms with van der Waals surface area (Å²) in [5, 5.41) is 12.2. The largest absolute Gasteiger partial charge is 0.396 e. The Morgan fingerprint density at radius 3 is 2.50 bits per heavy atom. The molecule has 2 aliphatic rings. The molecule has 0 bridgehead atoms. The summed E-state index contributed by atoms with van der Waals surface area (Å²) in [6.07, 6.45) is 2.33. The van der Waals surface area contributed by atoms with E-state index >= 15 is 0 Å². The van der Waals surface area contributed by atoms with E-state index in [9.17, 15) is 8.78 Å². The molecule has 0 aromatic heterocycles. The summed E-state index contributed by atoms with van der Waals surface area (Å²) in [6.45, 7) is 1.98. The van der Waals surface area contributed by atoms with E-state index in [2.05, 4.69) is 5.32 Å². The Kier molecular flexibility index (Phi) is 3.77. The van der Waals surface area contributed by atoms with Crippen LogP contribution in [0.25, 0.3) is 0 Å². The highest BCUT2D eigenvalue weighted by Gasteiger charge is 2.45. The zero-order valence-electron chi connectivity index (χ0n) is 9.46. The molecular weight excluding hydrogens is 214 g/mol. The van der Waals surface area contributed by atoms with Gasteiger partial charge in [-0.15, -0.1) is 0 Å². The van der Waals surface area contributed by atoms with Gasteiger partial charge in [-0.05, 0) is 38.9 Å². The molecule has 2 saturated heterocycles. The van der Waals surface area contributed by atoms with Crippen molar-refractivity contribution in [1.29, 1.82) is 0 Å². The fraction of sp³-hybridized carbons (Fsp3) is 1.00. The number of likely N-dealkylation sites (tertiary alicyclic amines) is 1. The molecular formula is C11H20F2N2O. The molecule has 2 fully saturated rings. The molecule has 3 nitrogen and oxygen atoms in total. The number of aliphatic hydroxyl groups is 1. The average molecular weight is 234 g/mol. The number of piperidine rings is 2. The maximum Gasteiger partial charge on any atom is 0.265 e. The molecule has 0 aromatic rings. The van der Waals surface area contributed by atoms with Gasteiger partial charge in [0.15, 0.2) is 0 Å². The molecule has 1 unspecified atom stereocenters. The second-order valence-electron chi connectivity index (χ2n) is 4.88. The van der Waals surface area contributed by atoms with Crippen molar-refractivity contribution in [3.63, 3.8) is 0 Å². The van der Waals surface area contributed by atoms with Crippen LogP contribution in [0.5, 0.6) is 0 Å². The van der Waals surface area contributed by atoms with Crippen molar-refractivity contribution in [3.05, 3.63) is 0 Å². The van der Waals surface area contributed by atoms with E-state index in [1.54, 1.807) is 0 Å². The van der Waals surface area contributed by atoms with Gasteiger partial charge in [-0.2, -0.15) is 0 Å². The van der Waals surface area contributed by atoms with E-state index in [1.807, 2.05) is 4.90 Å². The summed E-state index contributed by atoms with van der Waals surface area (Å²) in [7, 11) is 0. The number of hydrogen-bond donors (Lipinski definition) is 2. The van der Waals surface area contributed by atoms with Gasteiger partial charge in [0.05, 0.1) is 13.2 Å². The summed E-state index contributed by atoms with van der Waals surface area (Å²) in [5.74, 6) is -3.57. The van der Waals surface area contributed by atoms with E-state index in [4.69, 9.17) is 5.11 Å². The molecule has 5 heteroatoms. The lowest BCUT2D eigenvalue weighted by Gasteiger charge is -2.42. The highest BCUT2D eigenvalue weighted by atomic mass is 19.3. The van der Waals surface area contributed by atoms with Crippen molar-refractivity contribution >= 4 is 0 Å². The van der Waals surface area contributed by atoms with Crippen molar-refractivity contribution in [2.45, 2.75) is 31.2 Å². The number of rotatable bonds is 2. The van der Waals surface area contributed by atoms with E-state index in [0.29, 0.717) is 19.0 Å². The van der Waals surface area contributed by atoms with Gasteiger partial charge in [-0.25, -0.2) is 8.78 Å². The van der Waals surface area contributed by atoms with E-state index in [1.165, 1.54) is 0 Å². The van der Waals surface area contributed by atoms with Crippen LogP contribution in [0, 0.1) is 5.92 Å². The monoisotopic (exact) mass is 234 g/mol. The lowest BCUT2D eigenvalue weighted by atomic mass is 9.91. The third kappa shape index (κ3) is 2.52. The van der Waals surface area contributed by atoms with Gasteiger partial charge in [-0.1, -0.05) is 0 Å². The highest BCUT2D eigenvalue weighted by molar-refractivity contribution is 4.90. The van der Waals surface area contributed by atoms with E-state index in [0.717, 1.165) is 25.9 Å². The van der Waals surface area contributed by atoms with Crippen LogP contribution >= 0.6 is 0 Å². The number of halogens is 2. The van der Waals surface area contributed by atoms with Gasteiger partial charge < -0.3 is 10.4 Å². The Morgan fingerprint density at radius 1 is 1.25 bits per heavy atom. The fourth-order valence-electron chi connectivity index (χ4n) is 2.72. The van der Waals surface area contributed by atoms with Crippen LogP contribution in [0.15, 0.2) is 0 Å². The molecule has 2 N–H and O–H groups in total. The summed E-state index contributed by atoms with van der Waals surface area (Å²) < 4.78 is 27.3. The molecule has 2 rings (SSSR count). The maximum absolute atomic E-state index is 13.7. The van der Waals surface area contributed by atoms with Crippen LogP contribution in [0.4, 0.5) is 8.78 Å². The first-order valence-electron chi connectivity index (χ1n) is 6.07. The lowest BCUT2D eigenvalue weighted by molar-refractivity contribution is -0.133. The Balaban J connectivity index is 1.93. The molecule has 0 aromatic carbocycles. The van der Waals surface area contributed by atoms with Gasteiger partial charge >= 0.3 is 0 Å². The van der Waals surface area contributed by atoms with Crippen LogP contribution in [0.1, 0.15) is 19.3 Å². The molecule has 2 heterocycles. The number of aliphatic hydroxyl groups excluding tert-OH is 1. The first-order chi connectivity index (χ1) is 7.63. The van der Waals surface area contributed by atoms with E-state index < -0.39 is 18.4 Å². The molecule has 16 heavy (non-hydrogen) atoms. The molecule has 0 radical (unpaired) electrons. The smallest absolute Gasteiger partial charge is 0.265 e. The normalized spacial score (nSPS) is 32.8. The van der Waals surface area contributed by atoms with Gasteiger partial charge in [-0.3, -0.25) is 4.90 Å². The van der Waals surface area contributed by atoms with Crippen molar-refractivity contribution < 1.29 is 13.9 Å². The number of alkyl halides is 2. The molecule has 0 amide bonds. The molecule has 0 saturated carbocycles. The van der Waals surface area contributed by atoms with Crippen LogP contribution in [0.3, 0.4) is 0 Å². The second-order valence-corrected chi connectivity index (χ2v) is 4.88. The topological polar surface area (TPSA) is 35.5 Å². The summed E-state index contributed by atoms with van der Waals surface area (Å²) in [5.41, 5.74) is 0. The Hall–Kier alpha value is -0.260. The minimum atomic E-state index is -2.72. The predicted octanol–water partition coefficient (Wildman–Crippen LogP) is 0.688. The molecule has 94 valence electrons. The predicted molar refractivity (Wildman–Crippen MR) is 57.6 cm³/mol. The minimum Gasteiger partial charge on any atom is -0.396 e. The highest BCUT2D eigenvalue weighted by Crippen LogP contribution is 2.34. The minimum absolute atomic E-state index is 0.178. The first kappa shape index (κ1) is 12.2. The number of nitrogens with zero attached hydrogens (tertiary/aromatic N) is 1. The zero-order valence-corrected chi connectivity index (χ0v) is 9.46. The first-order valence-corrected chi connectivity index (χ1v) is 6.07. The third-order valence-electron chi connectivity index (χ3n) is 3.82. The van der Waals surface area contributed by atoms with Crippen molar-refractivity contribution in [2.24, 2.45) is 5.92 Å². The molecule has 1 atom stereocenters. The second kappa shape index (κ2) is 4.94. The van der Waals surface area contributed by atoms with Crippen molar-refractivity contribution in [3.8, 4) is 0 Å². The standard InChI is InChI=1S/C11H20F2N2O/c12-11(13)8-15(6-3-9(11)7-16)10-1-4-14-5-2-10/h9-10,14,16H,1-8H2. The SMILES string of the molecule is OCC1CCN(C2CCNCC2)CC1(F)F. The summed E-state index contributed by atoms with van der Waals surface area (Å²) in [4.78, 5) is 1.91. The van der Waals surface area contributed by atoms with Crippen LogP contribution < -0.4 is 5.32 Å². The Bertz CT molecular complexity index is 232. The molecule has 2 aliphatic heterocycles. The van der Waals surface area contributed by atoms with Crippen LogP contribution in [-0.4, -0.2) is 54.8 Å². The van der Waals surface area contributed by atoms with Gasteiger partial charge in [0.2, 0.25) is 0 Å². The van der Waals surface area contributed by atoms with E-state index in [-0.39, 0.29) is 6.54 Å². The summed E-state index contributed by atoms with van der Waals surface area (Å²) in [6, 6.07) is 0.298. The average Bonchev–Trinajstić information content (AvgIpc) is 2.29. The van der Waals surface area contributed by atoms with Crippen molar-refractivity contribution in [1.82, 2.24) is 10.2 Å². The van der Waals surface area contributed by atoms with Crippen LogP contribution in [-0.2, 0) is 0 Å². The van der Waals surface area contributed by atoms with Crippen molar-refractivity contribution in [2.75, 3.05) is 32.8 Å². The quantitative estimate of drug-likeness (QED) is 0.738. The number of nitrogens with one attached hydrogen (secondary N) is 1. The Morgan fingerprint density at radius 2 is 1.94 bits per heavy atom. The van der Waals surface area contributed by atoms with Crippen LogP contribution in [0.2, 0.25) is 0 Å². The molecule has 0 spiro atoms. The van der Waals surface area contributed by atoms with Gasteiger partial charge in [0.25, 0.3) is 5.92 Å². The fourth-order valence-corrected chi connectivity index (χ4v) is 2.72. The zero-order chi connectivity index (χ0) is 11.6. The lowest BCUT2D eigenvalue weighted by Crippen LogP contribution is -2.54. The third-order valence-corrected chi connectivity index (χ3v) is 3.82. The van der Waals surface area contributed by atoms with Gasteiger partial charge in [0.1, 0.15) is 0 Å². The maximum atomic E-state index is 13.7. The Labute approximate surface area is 94.8 Å².